The summed E-state index contributed by atoms with van der Waals surface area (Å²) in [4.78, 5) is 17.6. The predicted molar refractivity (Wildman–Crippen MR) is 72.6 cm³/mol. The Morgan fingerprint density at radius 1 is 1.55 bits per heavy atom. The average molecular weight is 338 g/mol. The largest absolute Gasteiger partial charge is 0.480 e. The summed E-state index contributed by atoms with van der Waals surface area (Å²) < 4.78 is 2.65. The molecule has 2 aromatic rings. The average Bonchev–Trinajstić information content (AvgIpc) is 2.87. The highest BCUT2D eigenvalue weighted by Crippen LogP contribution is 2.21. The third-order valence-corrected chi connectivity index (χ3v) is 4.05. The van der Waals surface area contributed by atoms with E-state index in [9.17, 15) is 9.90 Å². The summed E-state index contributed by atoms with van der Waals surface area (Å²) in [5.41, 5.74) is 0.812. The lowest BCUT2D eigenvalue weighted by molar-refractivity contribution is -0.145. The smallest absolute Gasteiger partial charge is 0.322 e. The fraction of sp³-hybridized carbons (Fsp3) is 0.333. The Labute approximate surface area is 123 Å². The SMILES string of the molecule is O=C(O)C1Cn2cnnc2CN1Cc1ncccc1Br. The van der Waals surface area contributed by atoms with Gasteiger partial charge in [-0.05, 0) is 28.1 Å². The molecule has 0 fully saturated rings. The van der Waals surface area contributed by atoms with Gasteiger partial charge in [0.05, 0.1) is 18.8 Å². The van der Waals surface area contributed by atoms with Gasteiger partial charge >= 0.3 is 5.97 Å². The molecule has 2 aromatic heterocycles. The highest BCUT2D eigenvalue weighted by Gasteiger charge is 2.32. The van der Waals surface area contributed by atoms with Gasteiger partial charge in [-0.15, -0.1) is 10.2 Å². The van der Waals surface area contributed by atoms with Crippen molar-refractivity contribution in [3.8, 4) is 0 Å². The second-order valence-corrected chi connectivity index (χ2v) is 5.44. The Bertz CT molecular complexity index is 644. The minimum absolute atomic E-state index is 0.349. The monoisotopic (exact) mass is 337 g/mol. The molecule has 1 unspecified atom stereocenters. The zero-order valence-electron chi connectivity index (χ0n) is 10.5. The van der Waals surface area contributed by atoms with Crippen LogP contribution in [0.2, 0.25) is 0 Å². The molecule has 0 spiro atoms. The van der Waals surface area contributed by atoms with E-state index in [1.807, 2.05) is 17.0 Å². The molecule has 104 valence electrons. The molecular formula is C12H12BrN5O2. The molecule has 3 heterocycles. The molecule has 8 heteroatoms. The van der Waals surface area contributed by atoms with E-state index in [1.54, 1.807) is 17.1 Å². The van der Waals surface area contributed by atoms with Crippen molar-refractivity contribution in [2.24, 2.45) is 0 Å². The third-order valence-electron chi connectivity index (χ3n) is 3.32. The molecule has 20 heavy (non-hydrogen) atoms. The summed E-state index contributed by atoms with van der Waals surface area (Å²) in [7, 11) is 0. The summed E-state index contributed by atoms with van der Waals surface area (Å²) >= 11 is 3.43. The van der Waals surface area contributed by atoms with E-state index >= 15 is 0 Å². The maximum atomic E-state index is 11.4. The molecule has 1 N–H and O–H groups in total. The van der Waals surface area contributed by atoms with Crippen LogP contribution in [0.3, 0.4) is 0 Å². The summed E-state index contributed by atoms with van der Waals surface area (Å²) in [5.74, 6) is -0.0778. The quantitative estimate of drug-likeness (QED) is 0.895. The van der Waals surface area contributed by atoms with Crippen molar-refractivity contribution >= 4 is 21.9 Å². The molecule has 0 bridgehead atoms. The van der Waals surface area contributed by atoms with Crippen molar-refractivity contribution in [1.82, 2.24) is 24.6 Å². The Morgan fingerprint density at radius 3 is 3.15 bits per heavy atom. The maximum absolute atomic E-state index is 11.4. The predicted octanol–water partition coefficient (Wildman–Crippen LogP) is 0.905. The second-order valence-electron chi connectivity index (χ2n) is 4.59. The number of carboxylic acids is 1. The van der Waals surface area contributed by atoms with Crippen LogP contribution in [0.1, 0.15) is 11.5 Å². The molecule has 0 amide bonds. The number of pyridine rings is 1. The first-order valence-electron chi connectivity index (χ1n) is 6.08. The number of hydrogen-bond acceptors (Lipinski definition) is 5. The Balaban J connectivity index is 1.87. The van der Waals surface area contributed by atoms with Gasteiger partial charge in [-0.25, -0.2) is 0 Å². The van der Waals surface area contributed by atoms with Crippen LogP contribution < -0.4 is 0 Å². The minimum atomic E-state index is -0.851. The number of nitrogens with zero attached hydrogens (tertiary/aromatic N) is 5. The van der Waals surface area contributed by atoms with Crippen LogP contribution in [0.5, 0.6) is 0 Å². The fourth-order valence-corrected chi connectivity index (χ4v) is 2.66. The van der Waals surface area contributed by atoms with Crippen LogP contribution in [-0.2, 0) is 24.4 Å². The number of carboxylic acid groups (broad SMARTS) is 1. The van der Waals surface area contributed by atoms with Gasteiger partial charge in [0.15, 0.2) is 0 Å². The minimum Gasteiger partial charge on any atom is -0.480 e. The summed E-state index contributed by atoms with van der Waals surface area (Å²) in [6.07, 6.45) is 3.27. The highest BCUT2D eigenvalue weighted by molar-refractivity contribution is 9.10. The van der Waals surface area contributed by atoms with Gasteiger partial charge in [0, 0.05) is 17.2 Å². The summed E-state index contributed by atoms with van der Waals surface area (Å²) in [5, 5.41) is 17.2. The normalized spacial score (nSPS) is 18.8. The van der Waals surface area contributed by atoms with Crippen molar-refractivity contribution in [1.29, 1.82) is 0 Å². The number of halogens is 1. The van der Waals surface area contributed by atoms with Crippen LogP contribution in [0.4, 0.5) is 0 Å². The van der Waals surface area contributed by atoms with E-state index in [4.69, 9.17) is 0 Å². The van der Waals surface area contributed by atoms with Gasteiger partial charge in [0.25, 0.3) is 0 Å². The van der Waals surface area contributed by atoms with Gasteiger partial charge in [0.2, 0.25) is 0 Å². The first-order chi connectivity index (χ1) is 9.65. The van der Waals surface area contributed by atoms with Crippen LogP contribution in [0.25, 0.3) is 0 Å². The van der Waals surface area contributed by atoms with Crippen LogP contribution in [0.15, 0.2) is 29.1 Å². The van der Waals surface area contributed by atoms with Crippen molar-refractivity contribution in [3.05, 3.63) is 40.6 Å². The molecule has 0 radical (unpaired) electrons. The number of carbonyl (C=O) groups is 1. The van der Waals surface area contributed by atoms with E-state index in [-0.39, 0.29) is 0 Å². The third kappa shape index (κ3) is 2.44. The number of aromatic nitrogens is 4. The van der Waals surface area contributed by atoms with Crippen LogP contribution >= 0.6 is 15.9 Å². The number of hydrogen-bond donors (Lipinski definition) is 1. The molecule has 1 aliphatic rings. The molecule has 1 aliphatic heterocycles. The lowest BCUT2D eigenvalue weighted by Crippen LogP contribution is -2.47. The zero-order valence-corrected chi connectivity index (χ0v) is 12.1. The van der Waals surface area contributed by atoms with Crippen LogP contribution in [-0.4, -0.2) is 41.8 Å². The van der Waals surface area contributed by atoms with Crippen molar-refractivity contribution in [3.63, 3.8) is 0 Å². The van der Waals surface area contributed by atoms with E-state index < -0.39 is 12.0 Å². The van der Waals surface area contributed by atoms with Gasteiger partial charge in [-0.2, -0.15) is 0 Å². The molecule has 0 aromatic carbocycles. The van der Waals surface area contributed by atoms with E-state index in [0.717, 1.165) is 16.0 Å². The van der Waals surface area contributed by atoms with Gasteiger partial charge in [-0.1, -0.05) is 0 Å². The number of fused-ring (bicyclic) bond motifs is 1. The molecular weight excluding hydrogens is 326 g/mol. The molecule has 1 atom stereocenters. The van der Waals surface area contributed by atoms with Crippen LogP contribution in [0, 0.1) is 0 Å². The molecule has 0 saturated heterocycles. The van der Waals surface area contributed by atoms with Gasteiger partial charge < -0.3 is 9.67 Å². The highest BCUT2D eigenvalue weighted by atomic mass is 79.9. The number of rotatable bonds is 3. The van der Waals surface area contributed by atoms with Gasteiger partial charge in [-0.3, -0.25) is 14.7 Å². The first-order valence-corrected chi connectivity index (χ1v) is 6.87. The van der Waals surface area contributed by atoms with E-state index in [2.05, 4.69) is 31.1 Å². The zero-order chi connectivity index (χ0) is 14.1. The topological polar surface area (TPSA) is 84.1 Å². The standard InChI is InChI=1S/C12H12BrN5O2/c13-8-2-1-3-14-9(8)4-17-6-11-16-15-7-18(11)5-10(17)12(19)20/h1-3,7,10H,4-6H2,(H,19,20). The molecule has 0 saturated carbocycles. The Hall–Kier alpha value is -1.80. The van der Waals surface area contributed by atoms with E-state index in [0.29, 0.717) is 19.6 Å². The summed E-state index contributed by atoms with van der Waals surface area (Å²) in [6, 6.07) is 3.12. The fourth-order valence-electron chi connectivity index (χ4n) is 2.27. The van der Waals surface area contributed by atoms with Crippen molar-refractivity contribution in [2.45, 2.75) is 25.7 Å². The van der Waals surface area contributed by atoms with Crippen molar-refractivity contribution < 1.29 is 9.90 Å². The lowest BCUT2D eigenvalue weighted by atomic mass is 10.1. The summed E-state index contributed by atoms with van der Waals surface area (Å²) in [6.45, 7) is 1.24. The van der Waals surface area contributed by atoms with Crippen molar-refractivity contribution in [2.75, 3.05) is 0 Å². The Kier molecular flexibility index (Phi) is 3.49. The molecule has 0 aliphatic carbocycles. The second kappa shape index (κ2) is 5.29. The van der Waals surface area contributed by atoms with E-state index in [1.165, 1.54) is 0 Å². The lowest BCUT2D eigenvalue weighted by Gasteiger charge is -2.32. The first kappa shape index (κ1) is 13.2. The molecule has 7 nitrogen and oxygen atoms in total. The molecule has 3 rings (SSSR count). The Morgan fingerprint density at radius 2 is 2.40 bits per heavy atom. The maximum Gasteiger partial charge on any atom is 0.322 e. The number of aliphatic carboxylic acids is 1. The van der Waals surface area contributed by atoms with Gasteiger partial charge in [0.1, 0.15) is 18.2 Å².